The first-order valence-electron chi connectivity index (χ1n) is 7.12. The summed E-state index contributed by atoms with van der Waals surface area (Å²) >= 11 is 6.06. The van der Waals surface area contributed by atoms with Crippen LogP contribution in [0, 0.1) is 12.8 Å². The molecule has 0 saturated carbocycles. The Balaban J connectivity index is 3.44. The van der Waals surface area contributed by atoms with E-state index in [1.807, 2.05) is 27.7 Å². The Kier molecular flexibility index (Phi) is 6.23. The van der Waals surface area contributed by atoms with Crippen molar-refractivity contribution in [3.63, 3.8) is 0 Å². The summed E-state index contributed by atoms with van der Waals surface area (Å²) in [4.78, 5) is 0.254. The van der Waals surface area contributed by atoms with E-state index in [9.17, 15) is 8.42 Å². The number of benzene rings is 1. The molecule has 120 valence electrons. The molecule has 0 unspecified atom stereocenters. The van der Waals surface area contributed by atoms with Crippen LogP contribution >= 0.6 is 11.6 Å². The number of hydrogen-bond acceptors (Lipinski definition) is 3. The number of halogens is 1. The van der Waals surface area contributed by atoms with E-state index in [4.69, 9.17) is 17.3 Å². The summed E-state index contributed by atoms with van der Waals surface area (Å²) in [5, 5.41) is 0.396. The fourth-order valence-corrected chi connectivity index (χ4v) is 4.66. The second-order valence-corrected chi connectivity index (χ2v) is 8.25. The lowest BCUT2D eigenvalue weighted by Gasteiger charge is -2.28. The minimum atomic E-state index is -3.59. The van der Waals surface area contributed by atoms with Crippen molar-refractivity contribution in [2.45, 2.75) is 52.1 Å². The summed E-state index contributed by atoms with van der Waals surface area (Å²) in [6, 6.07) is 3.12. The summed E-state index contributed by atoms with van der Waals surface area (Å²) in [5.41, 5.74) is 7.12. The van der Waals surface area contributed by atoms with Crippen LogP contribution in [0.5, 0.6) is 0 Å². The summed E-state index contributed by atoms with van der Waals surface area (Å²) in [5.74, 6) is 0.246. The monoisotopic (exact) mass is 332 g/mol. The van der Waals surface area contributed by atoms with Gasteiger partial charge in [-0.25, -0.2) is 8.42 Å². The first kappa shape index (κ1) is 18.4. The third-order valence-corrected chi connectivity index (χ3v) is 5.75. The molecule has 0 aliphatic heterocycles. The van der Waals surface area contributed by atoms with Crippen molar-refractivity contribution in [2.75, 3.05) is 6.54 Å². The molecule has 0 spiro atoms. The molecular formula is C15H25ClN2O2S. The quantitative estimate of drug-likeness (QED) is 0.870. The Labute approximate surface area is 133 Å². The van der Waals surface area contributed by atoms with E-state index >= 15 is 0 Å². The average Bonchev–Trinajstić information content (AvgIpc) is 2.37. The predicted octanol–water partition coefficient (Wildman–Crippen LogP) is 3.16. The van der Waals surface area contributed by atoms with Gasteiger partial charge in [0.1, 0.15) is 0 Å². The van der Waals surface area contributed by atoms with Gasteiger partial charge in [0.15, 0.2) is 0 Å². The minimum Gasteiger partial charge on any atom is -0.326 e. The lowest BCUT2D eigenvalue weighted by Crippen LogP contribution is -2.39. The van der Waals surface area contributed by atoms with Crippen molar-refractivity contribution in [3.8, 4) is 0 Å². The molecule has 0 aliphatic rings. The molecule has 0 aromatic heterocycles. The number of nitrogens with two attached hydrogens (primary N) is 1. The molecule has 0 saturated heterocycles. The van der Waals surface area contributed by atoms with Crippen LogP contribution < -0.4 is 5.73 Å². The van der Waals surface area contributed by atoms with Crippen molar-refractivity contribution in [1.82, 2.24) is 4.31 Å². The van der Waals surface area contributed by atoms with Crippen molar-refractivity contribution >= 4 is 21.6 Å². The van der Waals surface area contributed by atoms with E-state index in [2.05, 4.69) is 0 Å². The van der Waals surface area contributed by atoms with Crippen LogP contribution in [-0.2, 0) is 16.6 Å². The highest BCUT2D eigenvalue weighted by Gasteiger charge is 2.29. The van der Waals surface area contributed by atoms with Crippen LogP contribution in [0.2, 0.25) is 5.02 Å². The van der Waals surface area contributed by atoms with E-state index in [0.717, 1.165) is 5.56 Å². The summed E-state index contributed by atoms with van der Waals surface area (Å²) in [6.07, 6.45) is 0. The van der Waals surface area contributed by atoms with E-state index in [1.54, 1.807) is 13.0 Å². The van der Waals surface area contributed by atoms with Gasteiger partial charge in [0.25, 0.3) is 0 Å². The fourth-order valence-electron chi connectivity index (χ4n) is 2.26. The first-order valence-corrected chi connectivity index (χ1v) is 8.94. The van der Waals surface area contributed by atoms with Gasteiger partial charge in [-0.3, -0.25) is 0 Å². The van der Waals surface area contributed by atoms with Gasteiger partial charge in [0.05, 0.1) is 4.90 Å². The Morgan fingerprint density at radius 3 is 2.24 bits per heavy atom. The molecule has 0 fully saturated rings. The molecule has 1 aromatic carbocycles. The highest BCUT2D eigenvalue weighted by molar-refractivity contribution is 7.89. The molecular weight excluding hydrogens is 308 g/mol. The predicted molar refractivity (Wildman–Crippen MR) is 87.9 cm³/mol. The number of hydrogen-bond donors (Lipinski definition) is 1. The lowest BCUT2D eigenvalue weighted by atomic mass is 10.1. The fraction of sp³-hybridized carbons (Fsp3) is 0.600. The molecule has 0 heterocycles. The highest BCUT2D eigenvalue weighted by atomic mass is 35.5. The van der Waals surface area contributed by atoms with E-state index in [0.29, 0.717) is 17.1 Å². The summed E-state index contributed by atoms with van der Waals surface area (Å²) in [7, 11) is -3.59. The van der Waals surface area contributed by atoms with E-state index in [1.165, 1.54) is 10.4 Å². The maximum atomic E-state index is 13.0. The Bertz CT molecular complexity index is 598. The SMILES string of the molecule is Cc1c(CN)cc(Cl)cc1S(=O)(=O)N(CC(C)C)C(C)C. The number of rotatable bonds is 6. The van der Waals surface area contributed by atoms with Gasteiger partial charge in [-0.15, -0.1) is 0 Å². The smallest absolute Gasteiger partial charge is 0.243 e. The molecule has 0 bridgehead atoms. The third-order valence-electron chi connectivity index (χ3n) is 3.36. The second-order valence-electron chi connectivity index (χ2n) is 5.95. The van der Waals surface area contributed by atoms with Gasteiger partial charge in [-0.05, 0) is 49.9 Å². The van der Waals surface area contributed by atoms with E-state index in [-0.39, 0.29) is 23.4 Å². The Morgan fingerprint density at radius 1 is 1.24 bits per heavy atom. The van der Waals surface area contributed by atoms with Gasteiger partial charge >= 0.3 is 0 Å². The molecule has 2 N–H and O–H groups in total. The number of sulfonamides is 1. The Morgan fingerprint density at radius 2 is 1.81 bits per heavy atom. The Hall–Kier alpha value is -0.620. The van der Waals surface area contributed by atoms with Crippen LogP contribution in [0.25, 0.3) is 0 Å². The van der Waals surface area contributed by atoms with Gasteiger partial charge in [0, 0.05) is 24.2 Å². The lowest BCUT2D eigenvalue weighted by molar-refractivity contribution is 0.318. The van der Waals surface area contributed by atoms with Crippen LogP contribution in [0.3, 0.4) is 0 Å². The molecule has 0 amide bonds. The second kappa shape index (κ2) is 7.09. The molecule has 0 aliphatic carbocycles. The van der Waals surface area contributed by atoms with Gasteiger partial charge < -0.3 is 5.73 Å². The molecule has 1 rings (SSSR count). The number of nitrogens with zero attached hydrogens (tertiary/aromatic N) is 1. The van der Waals surface area contributed by atoms with Crippen molar-refractivity contribution < 1.29 is 8.42 Å². The molecule has 4 nitrogen and oxygen atoms in total. The molecule has 0 atom stereocenters. The van der Waals surface area contributed by atoms with Gasteiger partial charge in [0.2, 0.25) is 10.0 Å². The summed E-state index contributed by atoms with van der Waals surface area (Å²) < 4.78 is 27.5. The summed E-state index contributed by atoms with van der Waals surface area (Å²) in [6.45, 7) is 10.3. The zero-order chi connectivity index (χ0) is 16.4. The maximum absolute atomic E-state index is 13.0. The largest absolute Gasteiger partial charge is 0.326 e. The average molecular weight is 333 g/mol. The molecule has 1 aromatic rings. The van der Waals surface area contributed by atoms with Crippen LogP contribution in [-0.4, -0.2) is 25.3 Å². The maximum Gasteiger partial charge on any atom is 0.243 e. The van der Waals surface area contributed by atoms with E-state index < -0.39 is 10.0 Å². The van der Waals surface area contributed by atoms with Crippen LogP contribution in [0.15, 0.2) is 17.0 Å². The van der Waals surface area contributed by atoms with Gasteiger partial charge in [-0.1, -0.05) is 25.4 Å². The minimum absolute atomic E-state index is 0.114. The zero-order valence-corrected chi connectivity index (χ0v) is 14.9. The normalized spacial score (nSPS) is 12.7. The first-order chi connectivity index (χ1) is 9.61. The molecule has 21 heavy (non-hydrogen) atoms. The van der Waals surface area contributed by atoms with Crippen molar-refractivity contribution in [1.29, 1.82) is 0 Å². The standard InChI is InChI=1S/C15H25ClN2O2S/c1-10(2)9-18(11(3)4)21(19,20)15-7-14(16)6-13(8-17)12(15)5/h6-7,10-11H,8-9,17H2,1-5H3. The topological polar surface area (TPSA) is 63.4 Å². The third kappa shape index (κ3) is 4.19. The van der Waals surface area contributed by atoms with Crippen molar-refractivity contribution in [2.24, 2.45) is 11.7 Å². The van der Waals surface area contributed by atoms with Crippen LogP contribution in [0.1, 0.15) is 38.8 Å². The van der Waals surface area contributed by atoms with Gasteiger partial charge in [-0.2, -0.15) is 4.31 Å². The molecule has 6 heteroatoms. The molecule has 0 radical (unpaired) electrons. The zero-order valence-electron chi connectivity index (χ0n) is 13.4. The van der Waals surface area contributed by atoms with Crippen molar-refractivity contribution in [3.05, 3.63) is 28.3 Å². The van der Waals surface area contributed by atoms with Crippen LogP contribution in [0.4, 0.5) is 0 Å². The highest BCUT2D eigenvalue weighted by Crippen LogP contribution is 2.28.